The summed E-state index contributed by atoms with van der Waals surface area (Å²) in [5.74, 6) is -0.921. The fraction of sp³-hybridized carbons (Fsp3) is 0.950. The third-order valence-corrected chi connectivity index (χ3v) is 4.69. The zero-order chi connectivity index (χ0) is 18.8. The van der Waals surface area contributed by atoms with E-state index in [0.717, 1.165) is 19.3 Å². The Hall–Kier alpha value is -0.650. The predicted molar refractivity (Wildman–Crippen MR) is 103 cm³/mol. The summed E-state index contributed by atoms with van der Waals surface area (Å²) >= 11 is 0. The van der Waals surface area contributed by atoms with E-state index in [4.69, 9.17) is 15.3 Å². The van der Waals surface area contributed by atoms with Crippen molar-refractivity contribution in [2.24, 2.45) is 0 Å². The number of aliphatic hydroxyl groups is 2. The highest BCUT2D eigenvalue weighted by molar-refractivity contribution is 5.73. The van der Waals surface area contributed by atoms with E-state index in [-0.39, 0.29) is 6.54 Å². The molecule has 0 rings (SSSR count). The smallest absolute Gasteiger partial charge is 0.320 e. The molecule has 0 aromatic carbocycles. The van der Waals surface area contributed by atoms with Crippen LogP contribution in [0.4, 0.5) is 0 Å². The summed E-state index contributed by atoms with van der Waals surface area (Å²) in [6, 6.07) is -0.681. The van der Waals surface area contributed by atoms with E-state index < -0.39 is 18.3 Å². The Kier molecular flexibility index (Phi) is 17.7. The highest BCUT2D eigenvalue weighted by Crippen LogP contribution is 2.13. The van der Waals surface area contributed by atoms with Crippen LogP contribution < -0.4 is 5.32 Å². The molecular weight excluding hydrogens is 318 g/mol. The minimum Gasteiger partial charge on any atom is -0.480 e. The van der Waals surface area contributed by atoms with Crippen LogP contribution in [0.15, 0.2) is 0 Å². The Morgan fingerprint density at radius 3 is 1.52 bits per heavy atom. The monoisotopic (exact) mass is 359 g/mol. The largest absolute Gasteiger partial charge is 0.480 e. The molecule has 0 aliphatic carbocycles. The first-order valence-electron chi connectivity index (χ1n) is 10.4. The third-order valence-electron chi connectivity index (χ3n) is 4.69. The van der Waals surface area contributed by atoms with Gasteiger partial charge in [-0.05, 0) is 6.42 Å². The van der Waals surface area contributed by atoms with E-state index in [1.807, 2.05) is 0 Å². The van der Waals surface area contributed by atoms with Crippen molar-refractivity contribution in [1.82, 2.24) is 5.32 Å². The summed E-state index contributed by atoms with van der Waals surface area (Å²) in [4.78, 5) is 11.1. The van der Waals surface area contributed by atoms with Gasteiger partial charge in [-0.25, -0.2) is 0 Å². The van der Waals surface area contributed by atoms with E-state index >= 15 is 0 Å². The molecule has 0 aromatic rings. The molecule has 0 amide bonds. The van der Waals surface area contributed by atoms with Gasteiger partial charge in [0.25, 0.3) is 0 Å². The van der Waals surface area contributed by atoms with E-state index in [1.165, 1.54) is 70.6 Å². The third kappa shape index (κ3) is 18.0. The number of aliphatic hydroxyl groups excluding tert-OH is 1. The average molecular weight is 360 g/mol. The molecule has 1 atom stereocenters. The van der Waals surface area contributed by atoms with E-state index in [0.29, 0.717) is 6.42 Å². The van der Waals surface area contributed by atoms with Crippen LogP contribution in [0.25, 0.3) is 0 Å². The second-order valence-electron chi connectivity index (χ2n) is 7.16. The van der Waals surface area contributed by atoms with Gasteiger partial charge >= 0.3 is 5.97 Å². The number of carboxylic acid groups (broad SMARTS) is 1. The van der Waals surface area contributed by atoms with E-state index in [9.17, 15) is 4.79 Å². The van der Waals surface area contributed by atoms with Crippen LogP contribution in [0.1, 0.15) is 103 Å². The minimum absolute atomic E-state index is 0.102. The first-order valence-corrected chi connectivity index (χ1v) is 10.4. The van der Waals surface area contributed by atoms with Gasteiger partial charge in [0.2, 0.25) is 0 Å². The van der Waals surface area contributed by atoms with Gasteiger partial charge in [0.1, 0.15) is 6.04 Å². The molecule has 0 aliphatic heterocycles. The second kappa shape index (κ2) is 18.2. The number of rotatable bonds is 19. The Bertz CT molecular complexity index is 297. The summed E-state index contributed by atoms with van der Waals surface area (Å²) in [6.45, 7) is 2.15. The van der Waals surface area contributed by atoms with Crippen molar-refractivity contribution in [3.05, 3.63) is 0 Å². The lowest BCUT2D eigenvalue weighted by Gasteiger charge is -2.14. The van der Waals surface area contributed by atoms with Gasteiger partial charge in [0.15, 0.2) is 6.29 Å². The molecule has 4 N–H and O–H groups in total. The summed E-state index contributed by atoms with van der Waals surface area (Å²) < 4.78 is 0. The number of carboxylic acids is 1. The van der Waals surface area contributed by atoms with Crippen LogP contribution in [0.2, 0.25) is 0 Å². The lowest BCUT2D eigenvalue weighted by Crippen LogP contribution is -2.40. The molecule has 0 aromatic heterocycles. The Labute approximate surface area is 154 Å². The number of hydrogen-bond acceptors (Lipinski definition) is 4. The zero-order valence-corrected chi connectivity index (χ0v) is 16.2. The van der Waals surface area contributed by atoms with E-state index in [1.54, 1.807) is 0 Å². The molecule has 0 saturated heterocycles. The lowest BCUT2D eigenvalue weighted by atomic mass is 10.0. The molecule has 0 spiro atoms. The van der Waals surface area contributed by atoms with Crippen molar-refractivity contribution >= 4 is 5.97 Å². The summed E-state index contributed by atoms with van der Waals surface area (Å²) in [5, 5.41) is 29.3. The maximum Gasteiger partial charge on any atom is 0.320 e. The summed E-state index contributed by atoms with van der Waals surface area (Å²) in [6.07, 6.45) is 16.9. The first kappa shape index (κ1) is 24.4. The van der Waals surface area contributed by atoms with Gasteiger partial charge in [-0.2, -0.15) is 0 Å². The van der Waals surface area contributed by atoms with Crippen molar-refractivity contribution in [2.75, 3.05) is 6.54 Å². The number of carbonyl (C=O) groups is 1. The average Bonchev–Trinajstić information content (AvgIpc) is 2.57. The molecule has 0 aliphatic rings. The van der Waals surface area contributed by atoms with Crippen molar-refractivity contribution < 1.29 is 20.1 Å². The van der Waals surface area contributed by atoms with Crippen molar-refractivity contribution in [1.29, 1.82) is 0 Å². The van der Waals surface area contributed by atoms with Crippen molar-refractivity contribution in [3.8, 4) is 0 Å². The van der Waals surface area contributed by atoms with Gasteiger partial charge in [0, 0.05) is 6.54 Å². The Morgan fingerprint density at radius 1 is 0.760 bits per heavy atom. The Morgan fingerprint density at radius 2 is 1.16 bits per heavy atom. The van der Waals surface area contributed by atoms with Crippen LogP contribution in [0.3, 0.4) is 0 Å². The van der Waals surface area contributed by atoms with E-state index in [2.05, 4.69) is 12.2 Å². The lowest BCUT2D eigenvalue weighted by molar-refractivity contribution is -0.140. The molecule has 1 unspecified atom stereocenters. The van der Waals surface area contributed by atoms with Crippen LogP contribution in [-0.4, -0.2) is 40.2 Å². The fourth-order valence-corrected chi connectivity index (χ4v) is 3.10. The number of nitrogens with one attached hydrogen (secondary N) is 1. The number of aliphatic carboxylic acids is 1. The van der Waals surface area contributed by atoms with Crippen molar-refractivity contribution in [2.45, 2.75) is 116 Å². The molecule has 0 heterocycles. The summed E-state index contributed by atoms with van der Waals surface area (Å²) in [5.41, 5.74) is 0. The topological polar surface area (TPSA) is 89.8 Å². The molecular formula is C20H41NO4. The van der Waals surface area contributed by atoms with Crippen LogP contribution >= 0.6 is 0 Å². The predicted octanol–water partition coefficient (Wildman–Crippen LogP) is 4.21. The highest BCUT2D eigenvalue weighted by Gasteiger charge is 2.16. The van der Waals surface area contributed by atoms with Gasteiger partial charge in [-0.1, -0.05) is 96.8 Å². The van der Waals surface area contributed by atoms with Crippen LogP contribution in [0, 0.1) is 0 Å². The van der Waals surface area contributed by atoms with Crippen LogP contribution in [-0.2, 0) is 4.79 Å². The number of unbranched alkanes of at least 4 members (excludes halogenated alkanes) is 13. The molecule has 5 heteroatoms. The standard InChI is InChI=1S/C20H41NO4/c1-2-3-4-5-6-7-8-9-10-11-12-13-14-15-16-18(20(24)25)21-17-19(22)23/h18-19,21-23H,2-17H2,1H3,(H,24,25). The van der Waals surface area contributed by atoms with Crippen LogP contribution in [0.5, 0.6) is 0 Å². The number of hydrogen-bond donors (Lipinski definition) is 4. The quantitative estimate of drug-likeness (QED) is 0.205. The maximum absolute atomic E-state index is 11.1. The Balaban J connectivity index is 3.33. The first-order chi connectivity index (χ1) is 12.1. The molecule has 25 heavy (non-hydrogen) atoms. The van der Waals surface area contributed by atoms with Gasteiger partial charge in [-0.15, -0.1) is 0 Å². The molecule has 5 nitrogen and oxygen atoms in total. The highest BCUT2D eigenvalue weighted by atomic mass is 16.5. The SMILES string of the molecule is CCCCCCCCCCCCCCCCC(NCC(O)O)C(=O)O. The molecule has 150 valence electrons. The minimum atomic E-state index is -1.50. The molecule has 0 fully saturated rings. The molecule has 0 radical (unpaired) electrons. The van der Waals surface area contributed by atoms with Crippen molar-refractivity contribution in [3.63, 3.8) is 0 Å². The van der Waals surface area contributed by atoms with Gasteiger partial charge in [0.05, 0.1) is 0 Å². The molecule has 0 saturated carbocycles. The molecule has 0 bridgehead atoms. The summed E-state index contributed by atoms with van der Waals surface area (Å²) in [7, 11) is 0. The van der Waals surface area contributed by atoms with Gasteiger partial charge < -0.3 is 15.3 Å². The van der Waals surface area contributed by atoms with Gasteiger partial charge in [-0.3, -0.25) is 10.1 Å². The zero-order valence-electron chi connectivity index (χ0n) is 16.2. The second-order valence-corrected chi connectivity index (χ2v) is 7.16. The normalized spacial score (nSPS) is 12.6. The fourth-order valence-electron chi connectivity index (χ4n) is 3.10. The maximum atomic E-state index is 11.1.